The smallest absolute Gasteiger partial charge is 0.339 e. The van der Waals surface area contributed by atoms with Gasteiger partial charge in [-0.3, -0.25) is 4.98 Å². The quantitative estimate of drug-likeness (QED) is 0.835. The zero-order chi connectivity index (χ0) is 18.4. The maximum atomic E-state index is 14.1. The number of esters is 1. The Bertz CT molecular complexity index is 1010. The molecule has 9 heteroatoms. The van der Waals surface area contributed by atoms with E-state index >= 15 is 0 Å². The van der Waals surface area contributed by atoms with Crippen LogP contribution in [0.25, 0.3) is 11.1 Å². The van der Waals surface area contributed by atoms with Crippen LogP contribution in [0.1, 0.15) is 16.7 Å². The molecule has 0 fully saturated rings. The van der Waals surface area contributed by atoms with E-state index in [-0.39, 0.29) is 23.3 Å². The summed E-state index contributed by atoms with van der Waals surface area (Å²) in [5, 5.41) is 4.81. The average Bonchev–Trinajstić information content (AvgIpc) is 2.86. The highest BCUT2D eigenvalue weighted by atomic mass is 32.2. The van der Waals surface area contributed by atoms with Crippen molar-refractivity contribution in [2.24, 2.45) is 5.14 Å². The molecule has 2 N–H and O–H groups in total. The maximum absolute atomic E-state index is 14.1. The van der Waals surface area contributed by atoms with Gasteiger partial charge in [-0.1, -0.05) is 0 Å². The summed E-state index contributed by atoms with van der Waals surface area (Å²) in [4.78, 5) is 14.8. The molecule has 0 spiro atoms. The van der Waals surface area contributed by atoms with Gasteiger partial charge in [0, 0.05) is 23.5 Å². The Labute approximate surface area is 142 Å². The molecule has 0 radical (unpaired) electrons. The van der Waals surface area contributed by atoms with Gasteiger partial charge in [-0.2, -0.15) is 0 Å². The van der Waals surface area contributed by atoms with Crippen LogP contribution in [0.2, 0.25) is 0 Å². The van der Waals surface area contributed by atoms with Gasteiger partial charge in [-0.05, 0) is 36.2 Å². The number of rotatable bonds is 3. The van der Waals surface area contributed by atoms with Crippen LogP contribution in [0.15, 0.2) is 35.5 Å². The normalized spacial score (nSPS) is 14.8. The fraction of sp³-hybridized carbons (Fsp3) is 0.125. The van der Waals surface area contributed by atoms with Crippen LogP contribution in [-0.4, -0.2) is 26.0 Å². The maximum Gasteiger partial charge on any atom is 0.339 e. The Morgan fingerprint density at radius 2 is 1.76 bits per heavy atom. The second-order valence-corrected chi connectivity index (χ2v) is 6.99. The third kappa shape index (κ3) is 3.15. The molecule has 3 rings (SSSR count). The summed E-state index contributed by atoms with van der Waals surface area (Å²) in [6.45, 7) is 1.58. The minimum atomic E-state index is -4.56. The highest BCUT2D eigenvalue weighted by molar-refractivity contribution is 7.89. The molecule has 0 unspecified atom stereocenters. The fourth-order valence-corrected chi connectivity index (χ4v) is 3.28. The molecule has 2 aromatic rings. The minimum absolute atomic E-state index is 0.00949. The number of ether oxygens (including phenoxy) is 1. The number of pyridine rings is 1. The van der Waals surface area contributed by atoms with Crippen LogP contribution >= 0.6 is 0 Å². The predicted octanol–water partition coefficient (Wildman–Crippen LogP) is 1.78. The molecule has 0 saturated carbocycles. The number of carbonyl (C=O) groups excluding carboxylic acids is 1. The largest absolute Gasteiger partial charge is 0.457 e. The van der Waals surface area contributed by atoms with Gasteiger partial charge in [-0.15, -0.1) is 0 Å². The monoisotopic (exact) mass is 366 g/mol. The van der Waals surface area contributed by atoms with Gasteiger partial charge in [-0.25, -0.2) is 27.1 Å². The third-order valence-electron chi connectivity index (χ3n) is 3.65. The number of carbonyl (C=O) groups is 1. The van der Waals surface area contributed by atoms with Crippen molar-refractivity contribution in [1.29, 1.82) is 0 Å². The van der Waals surface area contributed by atoms with Gasteiger partial charge in [0.1, 0.15) is 18.2 Å². The van der Waals surface area contributed by atoms with E-state index in [2.05, 4.69) is 4.98 Å². The number of aryl methyl sites for hydroxylation is 1. The van der Waals surface area contributed by atoms with E-state index in [1.165, 1.54) is 6.20 Å². The van der Waals surface area contributed by atoms with E-state index in [1.807, 2.05) is 0 Å². The third-order valence-corrected chi connectivity index (χ3v) is 4.61. The lowest BCUT2D eigenvalue weighted by Gasteiger charge is -2.08. The highest BCUT2D eigenvalue weighted by Crippen LogP contribution is 2.34. The number of aromatic nitrogens is 1. The second-order valence-electron chi connectivity index (χ2n) is 5.49. The van der Waals surface area contributed by atoms with E-state index in [9.17, 15) is 22.0 Å². The zero-order valence-corrected chi connectivity index (χ0v) is 13.7. The van der Waals surface area contributed by atoms with Crippen molar-refractivity contribution in [3.8, 4) is 0 Å². The average molecular weight is 366 g/mol. The van der Waals surface area contributed by atoms with Crippen LogP contribution in [0.5, 0.6) is 0 Å². The van der Waals surface area contributed by atoms with Crippen molar-refractivity contribution < 1.29 is 26.7 Å². The standard InChI is InChI=1S/C16H12F2N2O4S/c1-8-2-10(6-20-5-8)14-11(7-24-16(14)21)9-3-12(17)15(13(18)4-9)25(19,22)23/h2-6H,7H2,1H3,(H2,19,22,23). The van der Waals surface area contributed by atoms with E-state index in [4.69, 9.17) is 9.88 Å². The molecule has 1 aliphatic rings. The van der Waals surface area contributed by atoms with Gasteiger partial charge >= 0.3 is 5.97 Å². The highest BCUT2D eigenvalue weighted by Gasteiger charge is 2.30. The van der Waals surface area contributed by atoms with Crippen molar-refractivity contribution in [2.75, 3.05) is 6.61 Å². The number of primary sulfonamides is 1. The van der Waals surface area contributed by atoms with Crippen LogP contribution in [0, 0.1) is 18.6 Å². The van der Waals surface area contributed by atoms with Crippen LogP contribution < -0.4 is 5.14 Å². The summed E-state index contributed by atoms with van der Waals surface area (Å²) in [5.41, 5.74) is 1.57. The van der Waals surface area contributed by atoms with Gasteiger partial charge < -0.3 is 4.74 Å². The summed E-state index contributed by atoms with van der Waals surface area (Å²) < 4.78 is 55.7. The lowest BCUT2D eigenvalue weighted by Crippen LogP contribution is -2.16. The molecular formula is C16H12F2N2O4S. The van der Waals surface area contributed by atoms with E-state index in [1.54, 1.807) is 19.2 Å². The predicted molar refractivity (Wildman–Crippen MR) is 84.5 cm³/mol. The van der Waals surface area contributed by atoms with Crippen LogP contribution in [0.4, 0.5) is 8.78 Å². The van der Waals surface area contributed by atoms with Crippen molar-refractivity contribution in [3.63, 3.8) is 0 Å². The van der Waals surface area contributed by atoms with Crippen molar-refractivity contribution in [3.05, 3.63) is 58.9 Å². The molecule has 0 aliphatic carbocycles. The molecule has 0 atom stereocenters. The molecule has 1 aromatic carbocycles. The first kappa shape index (κ1) is 17.2. The first-order valence-electron chi connectivity index (χ1n) is 7.03. The van der Waals surface area contributed by atoms with Gasteiger partial charge in [0.2, 0.25) is 10.0 Å². The van der Waals surface area contributed by atoms with Crippen LogP contribution in [-0.2, 0) is 19.6 Å². The van der Waals surface area contributed by atoms with Gasteiger partial charge in [0.15, 0.2) is 4.90 Å². The van der Waals surface area contributed by atoms with Crippen LogP contribution in [0.3, 0.4) is 0 Å². The molecule has 6 nitrogen and oxygen atoms in total. The second kappa shape index (κ2) is 6.01. The van der Waals surface area contributed by atoms with Crippen molar-refractivity contribution in [2.45, 2.75) is 11.8 Å². The van der Waals surface area contributed by atoms with E-state index in [0.717, 1.165) is 17.7 Å². The number of hydrogen-bond acceptors (Lipinski definition) is 5. The molecule has 0 amide bonds. The van der Waals surface area contributed by atoms with Gasteiger partial charge in [0.05, 0.1) is 5.57 Å². The lowest BCUT2D eigenvalue weighted by atomic mass is 9.97. The minimum Gasteiger partial charge on any atom is -0.457 e. The Balaban J connectivity index is 2.22. The molecule has 0 saturated heterocycles. The number of nitrogens with two attached hydrogens (primary N) is 1. The number of cyclic esters (lactones) is 1. The van der Waals surface area contributed by atoms with E-state index < -0.39 is 32.5 Å². The molecule has 1 aliphatic heterocycles. The van der Waals surface area contributed by atoms with Crippen molar-refractivity contribution in [1.82, 2.24) is 4.98 Å². The number of benzene rings is 1. The molecular weight excluding hydrogens is 354 g/mol. The van der Waals surface area contributed by atoms with E-state index in [0.29, 0.717) is 5.56 Å². The first-order chi connectivity index (χ1) is 11.7. The first-order valence-corrected chi connectivity index (χ1v) is 8.57. The molecule has 2 heterocycles. The number of hydrogen-bond donors (Lipinski definition) is 1. The van der Waals surface area contributed by atoms with Gasteiger partial charge in [0.25, 0.3) is 0 Å². The molecule has 1 aromatic heterocycles. The molecule has 25 heavy (non-hydrogen) atoms. The topological polar surface area (TPSA) is 99.3 Å². The Morgan fingerprint density at radius 3 is 2.32 bits per heavy atom. The Morgan fingerprint density at radius 1 is 1.12 bits per heavy atom. The summed E-state index contributed by atoms with van der Waals surface area (Å²) in [6, 6.07) is 3.30. The molecule has 130 valence electrons. The summed E-state index contributed by atoms with van der Waals surface area (Å²) in [5.74, 6) is -3.34. The Kier molecular flexibility index (Phi) is 4.13. The number of sulfonamides is 1. The molecule has 0 bridgehead atoms. The van der Waals surface area contributed by atoms with Crippen molar-refractivity contribution >= 4 is 27.1 Å². The summed E-state index contributed by atoms with van der Waals surface area (Å²) >= 11 is 0. The summed E-state index contributed by atoms with van der Waals surface area (Å²) in [6.07, 6.45) is 3.02. The fourth-order valence-electron chi connectivity index (χ4n) is 2.62. The number of nitrogens with zero attached hydrogens (tertiary/aromatic N) is 1. The zero-order valence-electron chi connectivity index (χ0n) is 12.9. The summed E-state index contributed by atoms with van der Waals surface area (Å²) in [7, 11) is -4.56. The SMILES string of the molecule is Cc1cncc(C2=C(c3cc(F)c(S(N)(=O)=O)c(F)c3)COC2=O)c1. The Hall–Kier alpha value is -2.65. The lowest BCUT2D eigenvalue weighted by molar-refractivity contribution is -0.133. The number of halogens is 2.